The van der Waals surface area contributed by atoms with Gasteiger partial charge in [-0.3, -0.25) is 10.3 Å². The third-order valence-electron chi connectivity index (χ3n) is 5.97. The largest absolute Gasteiger partial charge is 0.573 e. The zero-order valence-electron chi connectivity index (χ0n) is 20.0. The summed E-state index contributed by atoms with van der Waals surface area (Å²) in [6.07, 6.45) is -8.59. The summed E-state index contributed by atoms with van der Waals surface area (Å²) in [5.74, 6) is -1.64. The van der Waals surface area contributed by atoms with Crippen LogP contribution in [0.1, 0.15) is 27.9 Å². The highest BCUT2D eigenvalue weighted by atomic mass is 35.5. The van der Waals surface area contributed by atoms with Crippen molar-refractivity contribution in [2.45, 2.75) is 31.0 Å². The number of aromatic nitrogens is 1. The van der Waals surface area contributed by atoms with Gasteiger partial charge in [0.25, 0.3) is 0 Å². The van der Waals surface area contributed by atoms with Crippen LogP contribution < -0.4 is 10.1 Å². The maximum Gasteiger partial charge on any atom is 0.573 e. The standard InChI is InChI=1S/C28H20ClF7N2O/c29-22-10-11-25(37-17-22)26(15-18-6-2-1-3-7-18,20-12-21(27(31,32)33)14-23(30)13-20)38-16-19-8-4-5-9-24(19)39-28(34,35)36/h1-14,17,38H,15-16H2. The molecule has 39 heavy (non-hydrogen) atoms. The first-order chi connectivity index (χ1) is 18.4. The van der Waals surface area contributed by atoms with Crippen molar-refractivity contribution in [3.8, 4) is 5.75 Å². The molecule has 0 spiro atoms. The topological polar surface area (TPSA) is 34.1 Å². The number of alkyl halides is 6. The molecule has 1 aromatic heterocycles. The van der Waals surface area contributed by atoms with E-state index >= 15 is 0 Å². The van der Waals surface area contributed by atoms with E-state index < -0.39 is 35.2 Å². The van der Waals surface area contributed by atoms with E-state index in [1.165, 1.54) is 36.5 Å². The Kier molecular flexibility index (Phi) is 8.17. The summed E-state index contributed by atoms with van der Waals surface area (Å²) in [6.45, 7) is -0.304. The number of hydrogen-bond acceptors (Lipinski definition) is 3. The Labute approximate surface area is 224 Å². The molecule has 0 aliphatic carbocycles. The van der Waals surface area contributed by atoms with Crippen LogP contribution in [0.4, 0.5) is 30.7 Å². The van der Waals surface area contributed by atoms with Crippen molar-refractivity contribution in [1.82, 2.24) is 10.3 Å². The van der Waals surface area contributed by atoms with Gasteiger partial charge in [0.1, 0.15) is 11.6 Å². The van der Waals surface area contributed by atoms with Crippen molar-refractivity contribution in [3.63, 3.8) is 0 Å². The van der Waals surface area contributed by atoms with Crippen molar-refractivity contribution in [3.05, 3.63) is 130 Å². The van der Waals surface area contributed by atoms with E-state index in [2.05, 4.69) is 15.0 Å². The van der Waals surface area contributed by atoms with Crippen molar-refractivity contribution >= 4 is 11.6 Å². The molecule has 1 atom stereocenters. The SMILES string of the molecule is Fc1cc(C(F)(F)F)cc(C(Cc2ccccc2)(NCc2ccccc2OC(F)(F)F)c2ccc(Cl)cn2)c1. The van der Waals surface area contributed by atoms with Crippen LogP contribution in [-0.2, 0) is 24.7 Å². The Hall–Kier alpha value is -3.63. The number of rotatable bonds is 8. The zero-order chi connectivity index (χ0) is 28.3. The second kappa shape index (κ2) is 11.2. The second-order valence-corrected chi connectivity index (χ2v) is 9.10. The number of nitrogens with zero attached hydrogens (tertiary/aromatic N) is 1. The van der Waals surface area contributed by atoms with Crippen molar-refractivity contribution in [2.24, 2.45) is 0 Å². The fraction of sp³-hybridized carbons (Fsp3) is 0.179. The summed E-state index contributed by atoms with van der Waals surface area (Å²) in [5.41, 5.74) is -2.13. The normalized spacial score (nSPS) is 13.6. The third-order valence-corrected chi connectivity index (χ3v) is 6.20. The molecule has 0 bridgehead atoms. The van der Waals surface area contributed by atoms with Crippen molar-refractivity contribution < 1.29 is 35.5 Å². The number of benzene rings is 3. The molecular formula is C28H20ClF7N2O. The summed E-state index contributed by atoms with van der Waals surface area (Å²) < 4.78 is 99.2. The number of hydrogen-bond donors (Lipinski definition) is 1. The van der Waals surface area contributed by atoms with E-state index in [1.54, 1.807) is 30.3 Å². The molecule has 0 saturated heterocycles. The van der Waals surface area contributed by atoms with Crippen LogP contribution in [0.5, 0.6) is 5.75 Å². The molecule has 1 heterocycles. The molecule has 0 aliphatic heterocycles. The number of halogens is 8. The Morgan fingerprint density at radius 1 is 0.795 bits per heavy atom. The number of ether oxygens (including phenoxy) is 1. The van der Waals surface area contributed by atoms with E-state index in [9.17, 15) is 30.7 Å². The van der Waals surface area contributed by atoms with Gasteiger partial charge in [-0.25, -0.2) is 4.39 Å². The quantitative estimate of drug-likeness (QED) is 0.218. The molecule has 0 saturated carbocycles. The molecule has 3 nitrogen and oxygen atoms in total. The molecule has 204 valence electrons. The molecule has 3 aromatic carbocycles. The Morgan fingerprint density at radius 3 is 2.10 bits per heavy atom. The van der Waals surface area contributed by atoms with Gasteiger partial charge in [-0.1, -0.05) is 60.1 Å². The van der Waals surface area contributed by atoms with Gasteiger partial charge >= 0.3 is 12.5 Å². The predicted molar refractivity (Wildman–Crippen MR) is 132 cm³/mol. The highest BCUT2D eigenvalue weighted by molar-refractivity contribution is 6.30. The monoisotopic (exact) mass is 568 g/mol. The van der Waals surface area contributed by atoms with E-state index in [4.69, 9.17) is 11.6 Å². The average Bonchev–Trinajstić information content (AvgIpc) is 2.87. The third kappa shape index (κ3) is 7.07. The molecule has 11 heteroatoms. The number of pyridine rings is 1. The second-order valence-electron chi connectivity index (χ2n) is 8.66. The van der Waals surface area contributed by atoms with Gasteiger partial charge in [0.15, 0.2) is 0 Å². The summed E-state index contributed by atoms with van der Waals surface area (Å²) in [4.78, 5) is 4.33. The van der Waals surface area contributed by atoms with Gasteiger partial charge in [0.2, 0.25) is 0 Å². The van der Waals surface area contributed by atoms with Crippen LogP contribution in [0, 0.1) is 5.82 Å². The smallest absolute Gasteiger partial charge is 0.405 e. The highest BCUT2D eigenvalue weighted by Gasteiger charge is 2.40. The van der Waals surface area contributed by atoms with E-state index in [0.29, 0.717) is 11.6 Å². The highest BCUT2D eigenvalue weighted by Crippen LogP contribution is 2.38. The lowest BCUT2D eigenvalue weighted by atomic mass is 9.79. The first-order valence-electron chi connectivity index (χ1n) is 11.5. The lowest BCUT2D eigenvalue weighted by molar-refractivity contribution is -0.274. The maximum atomic E-state index is 14.7. The Morgan fingerprint density at radius 2 is 1.46 bits per heavy atom. The van der Waals surface area contributed by atoms with Crippen molar-refractivity contribution in [2.75, 3.05) is 0 Å². The molecule has 0 radical (unpaired) electrons. The van der Waals surface area contributed by atoms with Crippen LogP contribution in [0.15, 0.2) is 91.1 Å². The average molecular weight is 569 g/mol. The number of nitrogens with one attached hydrogen (secondary N) is 1. The van der Waals surface area contributed by atoms with Gasteiger partial charge < -0.3 is 4.74 Å². The maximum absolute atomic E-state index is 14.7. The molecule has 0 amide bonds. The van der Waals surface area contributed by atoms with Gasteiger partial charge in [0, 0.05) is 24.7 Å². The van der Waals surface area contributed by atoms with E-state index in [0.717, 1.165) is 18.2 Å². The van der Waals surface area contributed by atoms with Gasteiger partial charge in [-0.15, -0.1) is 13.2 Å². The summed E-state index contributed by atoms with van der Waals surface area (Å²) in [5, 5.41) is 3.34. The van der Waals surface area contributed by atoms with Gasteiger partial charge in [-0.05, 0) is 47.5 Å². The van der Waals surface area contributed by atoms with Crippen LogP contribution in [0.2, 0.25) is 5.02 Å². The lowest BCUT2D eigenvalue weighted by Gasteiger charge is -2.36. The lowest BCUT2D eigenvalue weighted by Crippen LogP contribution is -2.46. The molecule has 0 fully saturated rings. The van der Waals surface area contributed by atoms with Crippen LogP contribution in [-0.4, -0.2) is 11.3 Å². The van der Waals surface area contributed by atoms with Gasteiger partial charge in [-0.2, -0.15) is 13.2 Å². The predicted octanol–water partition coefficient (Wildman–Crippen LogP) is 8.07. The summed E-state index contributed by atoms with van der Waals surface area (Å²) >= 11 is 6.02. The molecule has 1 N–H and O–H groups in total. The minimum absolute atomic E-state index is 0.0362. The molecule has 0 aliphatic rings. The van der Waals surface area contributed by atoms with Crippen LogP contribution in [0.25, 0.3) is 0 Å². The van der Waals surface area contributed by atoms with Crippen LogP contribution >= 0.6 is 11.6 Å². The van der Waals surface area contributed by atoms with E-state index in [1.807, 2.05) is 0 Å². The minimum Gasteiger partial charge on any atom is -0.405 e. The van der Waals surface area contributed by atoms with Crippen molar-refractivity contribution in [1.29, 1.82) is 0 Å². The summed E-state index contributed by atoms with van der Waals surface area (Å²) in [6, 6.07) is 19.0. The van der Waals surface area contributed by atoms with Gasteiger partial charge in [0.05, 0.1) is 21.8 Å². The Balaban J connectivity index is 1.91. The van der Waals surface area contributed by atoms with E-state index in [-0.39, 0.29) is 34.8 Å². The fourth-order valence-electron chi connectivity index (χ4n) is 4.25. The first-order valence-corrected chi connectivity index (χ1v) is 11.9. The first kappa shape index (κ1) is 28.4. The molecular weight excluding hydrogens is 549 g/mol. The fourth-order valence-corrected chi connectivity index (χ4v) is 4.36. The van der Waals surface area contributed by atoms with Crippen LogP contribution in [0.3, 0.4) is 0 Å². The Bertz CT molecular complexity index is 1410. The molecule has 4 rings (SSSR count). The molecule has 4 aromatic rings. The molecule has 1 unspecified atom stereocenters. The minimum atomic E-state index is -4.97. The zero-order valence-corrected chi connectivity index (χ0v) is 20.7. The number of para-hydroxylation sites is 1. The summed E-state index contributed by atoms with van der Waals surface area (Å²) in [7, 11) is 0.